The summed E-state index contributed by atoms with van der Waals surface area (Å²) in [4.78, 5) is 0. The molecule has 1 aromatic heterocycles. The van der Waals surface area contributed by atoms with E-state index in [0.29, 0.717) is 16.3 Å². The fourth-order valence-corrected chi connectivity index (χ4v) is 2.98. The predicted octanol–water partition coefficient (Wildman–Crippen LogP) is 5.57. The Morgan fingerprint density at radius 3 is 2.20 bits per heavy atom. The molecule has 4 rings (SSSR count). The maximum Gasteiger partial charge on any atom is 0.125 e. The van der Waals surface area contributed by atoms with E-state index in [-0.39, 0.29) is 5.75 Å². The van der Waals surface area contributed by atoms with Gasteiger partial charge in [-0.15, -0.1) is 0 Å². The lowest BCUT2D eigenvalue weighted by atomic mass is 10.1. The highest BCUT2D eigenvalue weighted by atomic mass is 35.5. The third-order valence-corrected chi connectivity index (χ3v) is 4.25. The summed E-state index contributed by atoms with van der Waals surface area (Å²) >= 11 is 6.10. The molecule has 1 heterocycles. The molecule has 122 valence electrons. The molecule has 0 radical (unpaired) electrons. The van der Waals surface area contributed by atoms with Gasteiger partial charge in [0.15, 0.2) is 0 Å². The van der Waals surface area contributed by atoms with Crippen LogP contribution in [0.15, 0.2) is 84.9 Å². The van der Waals surface area contributed by atoms with E-state index in [9.17, 15) is 5.11 Å². The summed E-state index contributed by atoms with van der Waals surface area (Å²) in [7, 11) is 0. The predicted molar refractivity (Wildman–Crippen MR) is 101 cm³/mol. The third kappa shape index (κ3) is 3.02. The Bertz CT molecular complexity index is 954. The van der Waals surface area contributed by atoms with Gasteiger partial charge in [0, 0.05) is 16.1 Å². The summed E-state index contributed by atoms with van der Waals surface area (Å²) in [5.41, 5.74) is 4.23. The molecule has 25 heavy (non-hydrogen) atoms. The minimum Gasteiger partial charge on any atom is -0.507 e. The molecule has 4 aromatic rings. The highest BCUT2D eigenvalue weighted by molar-refractivity contribution is 6.30. The van der Waals surface area contributed by atoms with Crippen molar-refractivity contribution in [2.75, 3.05) is 0 Å². The van der Waals surface area contributed by atoms with E-state index in [0.717, 1.165) is 16.9 Å². The molecular weight excluding hydrogens is 332 g/mol. The van der Waals surface area contributed by atoms with E-state index >= 15 is 0 Å². The van der Waals surface area contributed by atoms with Crippen molar-refractivity contribution >= 4 is 11.6 Å². The number of aromatic hydroxyl groups is 1. The fraction of sp³-hybridized carbons (Fsp3) is 0. The maximum absolute atomic E-state index is 10.2. The van der Waals surface area contributed by atoms with Gasteiger partial charge in [0.25, 0.3) is 0 Å². The van der Waals surface area contributed by atoms with Crippen LogP contribution in [0.4, 0.5) is 0 Å². The zero-order valence-corrected chi connectivity index (χ0v) is 14.1. The number of hydrogen-bond acceptors (Lipinski definition) is 2. The maximum atomic E-state index is 10.2. The molecule has 0 aliphatic carbocycles. The molecule has 0 atom stereocenters. The summed E-state index contributed by atoms with van der Waals surface area (Å²) in [6.45, 7) is 0. The molecule has 0 saturated heterocycles. The third-order valence-electron chi connectivity index (χ3n) is 4.01. The summed E-state index contributed by atoms with van der Waals surface area (Å²) in [6, 6.07) is 26.9. The topological polar surface area (TPSA) is 38.0 Å². The summed E-state index contributed by atoms with van der Waals surface area (Å²) in [6.07, 6.45) is 0. The molecule has 0 spiro atoms. The average molecular weight is 347 g/mol. The Labute approximate surface area is 150 Å². The highest BCUT2D eigenvalue weighted by Crippen LogP contribution is 2.34. The van der Waals surface area contributed by atoms with E-state index in [4.69, 9.17) is 16.7 Å². The number of halogens is 1. The zero-order chi connectivity index (χ0) is 17.2. The van der Waals surface area contributed by atoms with E-state index < -0.39 is 0 Å². The second-order valence-electron chi connectivity index (χ2n) is 5.69. The van der Waals surface area contributed by atoms with Gasteiger partial charge in [0.05, 0.1) is 17.1 Å². The number of nitrogens with zero attached hydrogens (tertiary/aromatic N) is 2. The molecule has 0 unspecified atom stereocenters. The van der Waals surface area contributed by atoms with Crippen molar-refractivity contribution in [1.29, 1.82) is 0 Å². The first-order valence-electron chi connectivity index (χ1n) is 7.92. The monoisotopic (exact) mass is 346 g/mol. The molecule has 4 heteroatoms. The van der Waals surface area contributed by atoms with E-state index in [1.807, 2.05) is 71.4 Å². The Kier molecular flexibility index (Phi) is 4.00. The van der Waals surface area contributed by atoms with E-state index in [1.165, 1.54) is 0 Å². The normalized spacial score (nSPS) is 10.8. The van der Waals surface area contributed by atoms with Gasteiger partial charge in [-0.1, -0.05) is 60.1 Å². The van der Waals surface area contributed by atoms with Crippen LogP contribution in [0, 0.1) is 0 Å². The first kappa shape index (κ1) is 15.5. The number of rotatable bonds is 3. The molecule has 1 N–H and O–H groups in total. The van der Waals surface area contributed by atoms with Crippen molar-refractivity contribution in [3.63, 3.8) is 0 Å². The lowest BCUT2D eigenvalue weighted by molar-refractivity contribution is 0.477. The zero-order valence-electron chi connectivity index (χ0n) is 13.3. The van der Waals surface area contributed by atoms with Gasteiger partial charge in [-0.05, 0) is 36.4 Å². The van der Waals surface area contributed by atoms with Crippen LogP contribution in [0.3, 0.4) is 0 Å². The summed E-state index contributed by atoms with van der Waals surface area (Å²) in [5.74, 6) is 0.154. The van der Waals surface area contributed by atoms with Crippen LogP contribution in [0.2, 0.25) is 5.02 Å². The smallest absolute Gasteiger partial charge is 0.125 e. The van der Waals surface area contributed by atoms with Gasteiger partial charge in [-0.2, -0.15) is 5.10 Å². The fourth-order valence-electron chi connectivity index (χ4n) is 2.81. The Morgan fingerprint density at radius 1 is 0.800 bits per heavy atom. The van der Waals surface area contributed by atoms with E-state index in [1.54, 1.807) is 18.2 Å². The molecule has 0 aliphatic heterocycles. The number of benzene rings is 3. The number of aromatic nitrogens is 2. The highest BCUT2D eigenvalue weighted by Gasteiger charge is 2.15. The molecule has 0 aliphatic rings. The SMILES string of the molecule is Oc1ccc(Cl)cc1-c1cc(-c2ccccc2)n(-c2ccccc2)n1. The van der Waals surface area contributed by atoms with Crippen LogP contribution in [-0.4, -0.2) is 14.9 Å². The van der Waals surface area contributed by atoms with Crippen LogP contribution in [0.1, 0.15) is 0 Å². The van der Waals surface area contributed by atoms with Crippen molar-refractivity contribution in [1.82, 2.24) is 9.78 Å². The lowest BCUT2D eigenvalue weighted by Gasteiger charge is -2.07. The number of hydrogen-bond donors (Lipinski definition) is 1. The molecule has 0 saturated carbocycles. The minimum atomic E-state index is 0.154. The average Bonchev–Trinajstić information content (AvgIpc) is 3.10. The quantitative estimate of drug-likeness (QED) is 0.527. The van der Waals surface area contributed by atoms with Gasteiger partial charge < -0.3 is 5.11 Å². The van der Waals surface area contributed by atoms with Gasteiger partial charge >= 0.3 is 0 Å². The van der Waals surface area contributed by atoms with E-state index in [2.05, 4.69) is 0 Å². The second kappa shape index (κ2) is 6.46. The Morgan fingerprint density at radius 2 is 1.48 bits per heavy atom. The Hall–Kier alpha value is -3.04. The number of phenolic OH excluding ortho intramolecular Hbond substituents is 1. The first-order chi connectivity index (χ1) is 12.2. The van der Waals surface area contributed by atoms with Gasteiger partial charge in [0.2, 0.25) is 0 Å². The van der Waals surface area contributed by atoms with Gasteiger partial charge in [0.1, 0.15) is 5.75 Å². The van der Waals surface area contributed by atoms with Crippen molar-refractivity contribution < 1.29 is 5.11 Å². The largest absolute Gasteiger partial charge is 0.507 e. The minimum absolute atomic E-state index is 0.154. The molecule has 3 nitrogen and oxygen atoms in total. The number of phenols is 1. The van der Waals surface area contributed by atoms with Crippen molar-refractivity contribution in [3.05, 3.63) is 90.0 Å². The molecule has 3 aromatic carbocycles. The standard InChI is InChI=1S/C21H15ClN2O/c22-16-11-12-21(25)18(13-16)19-14-20(15-7-3-1-4-8-15)24(23-19)17-9-5-2-6-10-17/h1-14,25H. The van der Waals surface area contributed by atoms with Crippen molar-refractivity contribution in [2.24, 2.45) is 0 Å². The van der Waals surface area contributed by atoms with Crippen LogP contribution in [0.25, 0.3) is 28.2 Å². The summed E-state index contributed by atoms with van der Waals surface area (Å²) in [5, 5.41) is 15.5. The van der Waals surface area contributed by atoms with Gasteiger partial charge in [-0.25, -0.2) is 4.68 Å². The summed E-state index contributed by atoms with van der Waals surface area (Å²) < 4.78 is 1.88. The number of para-hydroxylation sites is 1. The van der Waals surface area contributed by atoms with Crippen molar-refractivity contribution in [3.8, 4) is 34.0 Å². The molecule has 0 amide bonds. The van der Waals surface area contributed by atoms with Crippen molar-refractivity contribution in [2.45, 2.75) is 0 Å². The van der Waals surface area contributed by atoms with Gasteiger partial charge in [-0.3, -0.25) is 0 Å². The van der Waals surface area contributed by atoms with Crippen LogP contribution < -0.4 is 0 Å². The van der Waals surface area contributed by atoms with Crippen LogP contribution in [0.5, 0.6) is 5.75 Å². The Balaban J connectivity index is 1.94. The lowest BCUT2D eigenvalue weighted by Crippen LogP contribution is -1.98. The van der Waals surface area contributed by atoms with Crippen LogP contribution in [-0.2, 0) is 0 Å². The first-order valence-corrected chi connectivity index (χ1v) is 8.30. The molecule has 0 fully saturated rings. The molecule has 0 bridgehead atoms. The van der Waals surface area contributed by atoms with Crippen LogP contribution >= 0.6 is 11.6 Å². The second-order valence-corrected chi connectivity index (χ2v) is 6.13. The molecular formula is C21H15ClN2O.